The molecule has 0 aliphatic carbocycles. The van der Waals surface area contributed by atoms with Gasteiger partial charge in [-0.3, -0.25) is 0 Å². The molecular weight excluding hydrogens is 202 g/mol. The topological polar surface area (TPSA) is 119 Å². The van der Waals surface area contributed by atoms with Crippen molar-refractivity contribution in [3.8, 4) is 0 Å². The highest BCUT2D eigenvalue weighted by molar-refractivity contribution is 6.25. The third-order valence-electron chi connectivity index (χ3n) is 1.27. The minimum absolute atomic E-state index is 0.191. The molecule has 1 aromatic rings. The van der Waals surface area contributed by atoms with E-state index in [0.717, 1.165) is 12.2 Å². The molecule has 0 radical (unpaired) electrons. The highest BCUT2D eigenvalue weighted by Crippen LogP contribution is 2.01. The van der Waals surface area contributed by atoms with Gasteiger partial charge in [-0.15, -0.1) is 0 Å². The SMILES string of the molecule is CC(N)Cc1ccco1.O=C([O-])C(=O)[O-]. The van der Waals surface area contributed by atoms with Crippen LogP contribution in [0.4, 0.5) is 0 Å². The van der Waals surface area contributed by atoms with E-state index < -0.39 is 11.9 Å². The summed E-state index contributed by atoms with van der Waals surface area (Å²) < 4.78 is 5.06. The number of carbonyl (C=O) groups excluding carboxylic acids is 2. The van der Waals surface area contributed by atoms with Crippen molar-refractivity contribution >= 4 is 11.9 Å². The van der Waals surface area contributed by atoms with Crippen molar-refractivity contribution in [1.29, 1.82) is 0 Å². The third kappa shape index (κ3) is 7.27. The Kier molecular flexibility index (Phi) is 5.81. The van der Waals surface area contributed by atoms with Gasteiger partial charge in [0.2, 0.25) is 0 Å². The van der Waals surface area contributed by atoms with E-state index in [0.29, 0.717) is 0 Å². The molecule has 1 unspecified atom stereocenters. The molecule has 6 heteroatoms. The molecule has 0 saturated carbocycles. The van der Waals surface area contributed by atoms with Crippen molar-refractivity contribution in [2.75, 3.05) is 0 Å². The Morgan fingerprint density at radius 1 is 1.47 bits per heavy atom. The average Bonchev–Trinajstić information content (AvgIpc) is 2.56. The molecule has 2 N–H and O–H groups in total. The molecule has 1 rings (SSSR count). The number of rotatable bonds is 2. The van der Waals surface area contributed by atoms with Gasteiger partial charge in [0.25, 0.3) is 0 Å². The molecule has 0 aromatic carbocycles. The van der Waals surface area contributed by atoms with Crippen molar-refractivity contribution in [1.82, 2.24) is 0 Å². The van der Waals surface area contributed by atoms with E-state index in [9.17, 15) is 0 Å². The van der Waals surface area contributed by atoms with Gasteiger partial charge >= 0.3 is 0 Å². The van der Waals surface area contributed by atoms with E-state index >= 15 is 0 Å². The number of carboxylic acids is 2. The first-order valence-corrected chi connectivity index (χ1v) is 4.13. The highest BCUT2D eigenvalue weighted by Gasteiger charge is 1.97. The summed E-state index contributed by atoms with van der Waals surface area (Å²) >= 11 is 0. The monoisotopic (exact) mass is 213 g/mol. The Hall–Kier alpha value is -1.82. The Balaban J connectivity index is 0.000000288. The van der Waals surface area contributed by atoms with Crippen molar-refractivity contribution in [2.45, 2.75) is 19.4 Å². The third-order valence-corrected chi connectivity index (χ3v) is 1.27. The van der Waals surface area contributed by atoms with Crippen molar-refractivity contribution in [3.63, 3.8) is 0 Å². The van der Waals surface area contributed by atoms with Gasteiger partial charge in [-0.2, -0.15) is 0 Å². The Bertz CT molecular complexity index is 292. The van der Waals surface area contributed by atoms with E-state index in [2.05, 4.69) is 0 Å². The van der Waals surface area contributed by atoms with Crippen molar-refractivity contribution in [3.05, 3.63) is 24.2 Å². The first-order valence-electron chi connectivity index (χ1n) is 4.13. The summed E-state index contributed by atoms with van der Waals surface area (Å²) in [5, 5.41) is 17.9. The Morgan fingerprint density at radius 2 is 2.00 bits per heavy atom. The summed E-state index contributed by atoms with van der Waals surface area (Å²) in [5.74, 6) is -3.41. The van der Waals surface area contributed by atoms with E-state index in [1.54, 1.807) is 6.26 Å². The van der Waals surface area contributed by atoms with E-state index in [1.807, 2.05) is 19.1 Å². The number of carboxylic acid groups (broad SMARTS) is 2. The first kappa shape index (κ1) is 13.2. The fraction of sp³-hybridized carbons (Fsp3) is 0.333. The number of aliphatic carboxylic acids is 2. The number of hydrogen-bond acceptors (Lipinski definition) is 6. The lowest BCUT2D eigenvalue weighted by atomic mass is 10.2. The van der Waals surface area contributed by atoms with Gasteiger partial charge in [0.05, 0.1) is 18.2 Å². The molecule has 6 nitrogen and oxygen atoms in total. The molecule has 0 bridgehead atoms. The molecule has 0 saturated heterocycles. The van der Waals surface area contributed by atoms with Crippen LogP contribution in [0.1, 0.15) is 12.7 Å². The van der Waals surface area contributed by atoms with E-state index in [-0.39, 0.29) is 6.04 Å². The van der Waals surface area contributed by atoms with Gasteiger partial charge in [-0.05, 0) is 19.1 Å². The van der Waals surface area contributed by atoms with Crippen molar-refractivity contribution in [2.24, 2.45) is 5.73 Å². The standard InChI is InChI=1S/C7H11NO.C2H2O4/c1-6(8)5-7-3-2-4-9-7;3-1(4)2(5)6/h2-4,6H,5,8H2,1H3;(H,3,4)(H,5,6)/p-2. The van der Waals surface area contributed by atoms with Gasteiger partial charge in [-0.25, -0.2) is 0 Å². The van der Waals surface area contributed by atoms with Crippen LogP contribution in [0.3, 0.4) is 0 Å². The minimum Gasteiger partial charge on any atom is -0.543 e. The van der Waals surface area contributed by atoms with Gasteiger partial charge < -0.3 is 30.0 Å². The van der Waals surface area contributed by atoms with Gasteiger partial charge in [-0.1, -0.05) is 0 Å². The number of nitrogens with two attached hydrogens (primary N) is 1. The molecule has 0 spiro atoms. The largest absolute Gasteiger partial charge is 0.543 e. The molecule has 1 heterocycles. The lowest BCUT2D eigenvalue weighted by Crippen LogP contribution is -2.42. The second-order valence-electron chi connectivity index (χ2n) is 2.84. The van der Waals surface area contributed by atoms with E-state index in [1.165, 1.54) is 0 Å². The molecule has 1 aromatic heterocycles. The number of carbonyl (C=O) groups is 2. The van der Waals surface area contributed by atoms with Crippen LogP contribution >= 0.6 is 0 Å². The van der Waals surface area contributed by atoms with E-state index in [4.69, 9.17) is 30.0 Å². The molecule has 1 atom stereocenters. The maximum absolute atomic E-state index is 8.93. The summed E-state index contributed by atoms with van der Waals surface area (Å²) in [5.41, 5.74) is 5.52. The second-order valence-corrected chi connectivity index (χ2v) is 2.84. The predicted molar refractivity (Wildman–Crippen MR) is 46.1 cm³/mol. The fourth-order valence-electron chi connectivity index (χ4n) is 0.746. The fourth-order valence-corrected chi connectivity index (χ4v) is 0.746. The Morgan fingerprint density at radius 3 is 2.27 bits per heavy atom. The number of furan rings is 1. The van der Waals surface area contributed by atoms with Crippen LogP contribution in [0.15, 0.2) is 22.8 Å². The van der Waals surface area contributed by atoms with Crippen LogP contribution in [0.2, 0.25) is 0 Å². The normalized spacial score (nSPS) is 11.1. The molecular formula is C9H11NO5-2. The average molecular weight is 213 g/mol. The van der Waals surface area contributed by atoms with Crippen LogP contribution in [0.25, 0.3) is 0 Å². The van der Waals surface area contributed by atoms with Crippen LogP contribution in [-0.2, 0) is 16.0 Å². The van der Waals surface area contributed by atoms with Gasteiger partial charge in [0.15, 0.2) is 0 Å². The summed E-state index contributed by atoms with van der Waals surface area (Å²) in [6, 6.07) is 4.00. The smallest absolute Gasteiger partial charge is 0.105 e. The zero-order valence-electron chi connectivity index (χ0n) is 8.14. The molecule has 84 valence electrons. The molecule has 0 amide bonds. The molecule has 15 heavy (non-hydrogen) atoms. The lowest BCUT2D eigenvalue weighted by molar-refractivity contribution is -0.345. The molecule has 0 aliphatic heterocycles. The highest BCUT2D eigenvalue weighted by atomic mass is 16.4. The maximum atomic E-state index is 8.93. The van der Waals surface area contributed by atoms with Gasteiger partial charge in [0, 0.05) is 12.5 Å². The van der Waals surface area contributed by atoms with Crippen LogP contribution in [-0.4, -0.2) is 18.0 Å². The van der Waals surface area contributed by atoms with Crippen LogP contribution in [0.5, 0.6) is 0 Å². The van der Waals surface area contributed by atoms with Gasteiger partial charge in [0.1, 0.15) is 5.76 Å². The van der Waals surface area contributed by atoms with Crippen LogP contribution < -0.4 is 15.9 Å². The second kappa shape index (κ2) is 6.61. The minimum atomic E-state index is -2.19. The quantitative estimate of drug-likeness (QED) is 0.549. The summed E-state index contributed by atoms with van der Waals surface area (Å²) in [6.45, 7) is 1.96. The predicted octanol–water partition coefficient (Wildman–Crippen LogP) is -2.34. The van der Waals surface area contributed by atoms with Crippen LogP contribution in [0, 0.1) is 0 Å². The maximum Gasteiger partial charge on any atom is 0.105 e. The zero-order chi connectivity index (χ0) is 11.8. The summed E-state index contributed by atoms with van der Waals surface area (Å²) in [4.78, 5) is 17.9. The first-order chi connectivity index (χ1) is 6.93. The summed E-state index contributed by atoms with van der Waals surface area (Å²) in [7, 11) is 0. The molecule has 0 fully saturated rings. The Labute approximate surface area is 86.3 Å². The molecule has 0 aliphatic rings. The lowest BCUT2D eigenvalue weighted by Gasteiger charge is -1.98. The zero-order valence-corrected chi connectivity index (χ0v) is 8.14. The number of hydrogen-bond donors (Lipinski definition) is 1. The summed E-state index contributed by atoms with van der Waals surface area (Å²) in [6.07, 6.45) is 2.49. The van der Waals surface area contributed by atoms with Crippen molar-refractivity contribution < 1.29 is 24.2 Å².